The molecular formula is C9H13FN2O. The Bertz CT molecular complexity index is 278. The normalized spacial score (nSPS) is 13.3. The molecule has 0 aromatic carbocycles. The lowest BCUT2D eigenvalue weighted by Crippen LogP contribution is -2.20. The molecule has 13 heavy (non-hydrogen) atoms. The zero-order valence-electron chi connectivity index (χ0n) is 7.74. The smallest absolute Gasteiger partial charge is 0.147 e. The second-order valence-electron chi connectivity index (χ2n) is 3.18. The van der Waals surface area contributed by atoms with Crippen LogP contribution in [-0.4, -0.2) is 35.6 Å². The molecule has 0 bridgehead atoms. The first-order chi connectivity index (χ1) is 6.11. The summed E-state index contributed by atoms with van der Waals surface area (Å²) in [6.07, 6.45) is 1.78. The van der Waals surface area contributed by atoms with Crippen LogP contribution in [0.3, 0.4) is 0 Å². The van der Waals surface area contributed by atoms with Gasteiger partial charge in [-0.3, -0.25) is 4.98 Å². The molecule has 0 fully saturated rings. The van der Waals surface area contributed by atoms with Gasteiger partial charge in [-0.1, -0.05) is 0 Å². The lowest BCUT2D eigenvalue weighted by Gasteiger charge is -2.16. The van der Waals surface area contributed by atoms with E-state index in [2.05, 4.69) is 4.98 Å². The van der Waals surface area contributed by atoms with Crippen molar-refractivity contribution in [2.45, 2.75) is 6.10 Å². The zero-order valence-corrected chi connectivity index (χ0v) is 7.74. The van der Waals surface area contributed by atoms with Crippen LogP contribution in [-0.2, 0) is 0 Å². The summed E-state index contributed by atoms with van der Waals surface area (Å²) in [6.45, 7) is 0.404. The van der Waals surface area contributed by atoms with Crippen LogP contribution in [0.25, 0.3) is 0 Å². The van der Waals surface area contributed by atoms with Crippen molar-refractivity contribution in [3.05, 3.63) is 29.8 Å². The highest BCUT2D eigenvalue weighted by atomic mass is 19.1. The maximum Gasteiger partial charge on any atom is 0.147 e. The van der Waals surface area contributed by atoms with Gasteiger partial charge in [-0.25, -0.2) is 4.39 Å². The van der Waals surface area contributed by atoms with Gasteiger partial charge in [0.15, 0.2) is 0 Å². The van der Waals surface area contributed by atoms with E-state index in [4.69, 9.17) is 0 Å². The van der Waals surface area contributed by atoms with Crippen molar-refractivity contribution in [1.82, 2.24) is 9.88 Å². The molecule has 0 amide bonds. The molecule has 0 saturated carbocycles. The largest absolute Gasteiger partial charge is 0.387 e. The van der Waals surface area contributed by atoms with Crippen molar-refractivity contribution >= 4 is 0 Å². The molecule has 3 nitrogen and oxygen atoms in total. The van der Waals surface area contributed by atoms with Crippen LogP contribution >= 0.6 is 0 Å². The van der Waals surface area contributed by atoms with Crippen LogP contribution in [0, 0.1) is 5.82 Å². The van der Waals surface area contributed by atoms with Crippen molar-refractivity contribution in [2.24, 2.45) is 0 Å². The Morgan fingerprint density at radius 1 is 1.62 bits per heavy atom. The van der Waals surface area contributed by atoms with Crippen LogP contribution in [0.2, 0.25) is 0 Å². The number of pyridine rings is 1. The van der Waals surface area contributed by atoms with E-state index in [-0.39, 0.29) is 0 Å². The number of likely N-dealkylation sites (N-methyl/N-ethyl adjacent to an activating group) is 1. The summed E-state index contributed by atoms with van der Waals surface area (Å²) in [5.74, 6) is -0.461. The number of aromatic nitrogens is 1. The van der Waals surface area contributed by atoms with Gasteiger partial charge in [0.2, 0.25) is 0 Å². The summed E-state index contributed by atoms with van der Waals surface area (Å²) in [4.78, 5) is 5.40. The molecule has 1 atom stereocenters. The lowest BCUT2D eigenvalue weighted by molar-refractivity contribution is 0.134. The summed E-state index contributed by atoms with van der Waals surface area (Å²) < 4.78 is 13.0. The van der Waals surface area contributed by atoms with Crippen molar-refractivity contribution in [1.29, 1.82) is 0 Å². The second kappa shape index (κ2) is 4.30. The van der Waals surface area contributed by atoms with E-state index < -0.39 is 11.9 Å². The maximum absolute atomic E-state index is 13.0. The predicted octanol–water partition coefficient (Wildman–Crippen LogP) is 0.816. The SMILES string of the molecule is CN(C)CC(O)c1ccncc1F. The summed E-state index contributed by atoms with van der Waals surface area (Å²) in [5.41, 5.74) is 0.295. The zero-order chi connectivity index (χ0) is 9.84. The number of nitrogens with zero attached hydrogens (tertiary/aromatic N) is 2. The summed E-state index contributed by atoms with van der Waals surface area (Å²) in [7, 11) is 3.64. The third kappa shape index (κ3) is 2.75. The molecule has 1 aromatic rings. The number of aliphatic hydroxyl groups excluding tert-OH is 1. The van der Waals surface area contributed by atoms with Crippen LogP contribution in [0.5, 0.6) is 0 Å². The lowest BCUT2D eigenvalue weighted by atomic mass is 10.1. The van der Waals surface area contributed by atoms with E-state index in [0.29, 0.717) is 12.1 Å². The number of hydrogen-bond donors (Lipinski definition) is 1. The topological polar surface area (TPSA) is 36.4 Å². The molecule has 1 rings (SSSR count). The van der Waals surface area contributed by atoms with Crippen molar-refractivity contribution in [3.8, 4) is 0 Å². The van der Waals surface area contributed by atoms with Gasteiger partial charge in [0.1, 0.15) is 5.82 Å². The molecule has 72 valence electrons. The fourth-order valence-corrected chi connectivity index (χ4v) is 1.10. The molecule has 0 aliphatic carbocycles. The quantitative estimate of drug-likeness (QED) is 0.755. The van der Waals surface area contributed by atoms with E-state index in [9.17, 15) is 9.50 Å². The highest BCUT2D eigenvalue weighted by Gasteiger charge is 2.12. The van der Waals surface area contributed by atoms with Gasteiger partial charge in [-0.2, -0.15) is 0 Å². The van der Waals surface area contributed by atoms with Crippen LogP contribution in [0.15, 0.2) is 18.5 Å². The summed E-state index contributed by atoms with van der Waals surface area (Å²) in [5, 5.41) is 9.56. The molecule has 0 spiro atoms. The third-order valence-corrected chi connectivity index (χ3v) is 1.70. The number of aliphatic hydroxyl groups is 1. The van der Waals surface area contributed by atoms with E-state index in [1.165, 1.54) is 12.3 Å². The van der Waals surface area contributed by atoms with Crippen LogP contribution < -0.4 is 0 Å². The summed E-state index contributed by atoms with van der Waals surface area (Å²) in [6, 6.07) is 1.49. The van der Waals surface area contributed by atoms with Gasteiger partial charge in [0, 0.05) is 18.3 Å². The van der Waals surface area contributed by atoms with Crippen molar-refractivity contribution < 1.29 is 9.50 Å². The van der Waals surface area contributed by atoms with Crippen LogP contribution in [0.4, 0.5) is 4.39 Å². The molecular weight excluding hydrogens is 171 g/mol. The molecule has 0 aliphatic heterocycles. The number of rotatable bonds is 3. The minimum Gasteiger partial charge on any atom is -0.387 e. The molecule has 0 aliphatic rings. The Morgan fingerprint density at radius 2 is 2.31 bits per heavy atom. The first kappa shape index (κ1) is 10.1. The van der Waals surface area contributed by atoms with E-state index in [1.54, 1.807) is 4.90 Å². The fraction of sp³-hybridized carbons (Fsp3) is 0.444. The van der Waals surface area contributed by atoms with Crippen LogP contribution in [0.1, 0.15) is 11.7 Å². The Hall–Kier alpha value is -1.00. The maximum atomic E-state index is 13.0. The summed E-state index contributed by atoms with van der Waals surface area (Å²) >= 11 is 0. The second-order valence-corrected chi connectivity index (χ2v) is 3.18. The van der Waals surface area contributed by atoms with Gasteiger partial charge in [-0.15, -0.1) is 0 Å². The molecule has 4 heteroatoms. The Labute approximate surface area is 76.8 Å². The van der Waals surface area contributed by atoms with Gasteiger partial charge < -0.3 is 10.0 Å². The minimum atomic E-state index is -0.794. The van der Waals surface area contributed by atoms with E-state index in [1.807, 2.05) is 14.1 Å². The Balaban J connectivity index is 2.76. The highest BCUT2D eigenvalue weighted by molar-refractivity contribution is 5.15. The monoisotopic (exact) mass is 184 g/mol. The predicted molar refractivity (Wildman–Crippen MR) is 47.7 cm³/mol. The van der Waals surface area contributed by atoms with Crippen molar-refractivity contribution in [2.75, 3.05) is 20.6 Å². The first-order valence-corrected chi connectivity index (χ1v) is 4.03. The average Bonchev–Trinajstić information content (AvgIpc) is 2.03. The number of hydrogen-bond acceptors (Lipinski definition) is 3. The molecule has 1 unspecified atom stereocenters. The molecule has 0 saturated heterocycles. The minimum absolute atomic E-state index is 0.295. The fourth-order valence-electron chi connectivity index (χ4n) is 1.10. The highest BCUT2D eigenvalue weighted by Crippen LogP contribution is 2.15. The molecule has 1 N–H and O–H groups in total. The van der Waals surface area contributed by atoms with Gasteiger partial charge >= 0.3 is 0 Å². The third-order valence-electron chi connectivity index (χ3n) is 1.70. The van der Waals surface area contributed by atoms with E-state index >= 15 is 0 Å². The Kier molecular flexibility index (Phi) is 3.33. The standard InChI is InChI=1S/C9H13FN2O/c1-12(2)6-9(13)7-3-4-11-5-8(7)10/h3-5,9,13H,6H2,1-2H3. The van der Waals surface area contributed by atoms with Gasteiger partial charge in [-0.05, 0) is 20.2 Å². The van der Waals surface area contributed by atoms with E-state index in [0.717, 1.165) is 6.20 Å². The molecule has 1 aromatic heterocycles. The first-order valence-electron chi connectivity index (χ1n) is 4.03. The molecule has 0 radical (unpaired) electrons. The van der Waals surface area contributed by atoms with Gasteiger partial charge in [0.25, 0.3) is 0 Å². The van der Waals surface area contributed by atoms with Gasteiger partial charge in [0.05, 0.1) is 12.3 Å². The van der Waals surface area contributed by atoms with Crippen molar-refractivity contribution in [3.63, 3.8) is 0 Å². The number of halogens is 1. The average molecular weight is 184 g/mol. The molecule has 1 heterocycles. The Morgan fingerprint density at radius 3 is 2.85 bits per heavy atom.